The number of aromatic nitrogens is 1. The zero-order valence-corrected chi connectivity index (χ0v) is 16.5. The molecule has 1 aromatic heterocycles. The van der Waals surface area contributed by atoms with Crippen LogP contribution in [0.15, 0.2) is 37.3 Å². The number of aryl methyl sites for hydroxylation is 1. The van der Waals surface area contributed by atoms with Crippen molar-refractivity contribution in [1.29, 1.82) is 0 Å². The third kappa shape index (κ3) is 3.14. The Morgan fingerprint density at radius 1 is 1.15 bits per heavy atom. The van der Waals surface area contributed by atoms with Gasteiger partial charge in [0.05, 0.1) is 18.6 Å². The van der Waals surface area contributed by atoms with Gasteiger partial charge < -0.3 is 9.32 Å². The second-order valence-corrected chi connectivity index (χ2v) is 8.63. The Labute approximate surface area is 162 Å². The highest BCUT2D eigenvalue weighted by atomic mass is 32.2. The van der Waals surface area contributed by atoms with Crippen molar-refractivity contribution in [2.45, 2.75) is 30.2 Å². The van der Waals surface area contributed by atoms with E-state index in [0.717, 1.165) is 61.7 Å². The molecule has 8 heteroatoms. The number of hydrogen-bond donors (Lipinski definition) is 0. The van der Waals surface area contributed by atoms with Crippen LogP contribution in [-0.4, -0.2) is 69.9 Å². The molecule has 0 atom stereocenters. The van der Waals surface area contributed by atoms with Crippen LogP contribution >= 0.6 is 11.9 Å². The molecule has 2 fully saturated rings. The first kappa shape index (κ1) is 17.2. The fourth-order valence-electron chi connectivity index (χ4n) is 4.10. The Balaban J connectivity index is 1.27. The fraction of sp³-hybridized carbons (Fsp3) is 0.579. The van der Waals surface area contributed by atoms with E-state index in [4.69, 9.17) is 9.41 Å². The van der Waals surface area contributed by atoms with Crippen molar-refractivity contribution in [3.8, 4) is 0 Å². The van der Waals surface area contributed by atoms with Gasteiger partial charge in [-0.1, -0.05) is 6.42 Å². The van der Waals surface area contributed by atoms with Gasteiger partial charge in [0.2, 0.25) is 5.96 Å². The summed E-state index contributed by atoms with van der Waals surface area (Å²) in [5, 5.41) is 0. The third-order valence-electron chi connectivity index (χ3n) is 5.95. The van der Waals surface area contributed by atoms with Gasteiger partial charge >= 0.3 is 5.76 Å². The number of rotatable bonds is 3. The van der Waals surface area contributed by atoms with Crippen LogP contribution in [0.5, 0.6) is 0 Å². The molecule has 7 nitrogen and oxygen atoms in total. The highest BCUT2D eigenvalue weighted by Gasteiger charge is 2.31. The summed E-state index contributed by atoms with van der Waals surface area (Å²) in [6.45, 7) is 6.15. The van der Waals surface area contributed by atoms with Gasteiger partial charge in [0.15, 0.2) is 5.58 Å². The van der Waals surface area contributed by atoms with Crippen LogP contribution in [0.3, 0.4) is 0 Å². The van der Waals surface area contributed by atoms with Crippen molar-refractivity contribution in [3.63, 3.8) is 0 Å². The van der Waals surface area contributed by atoms with Crippen molar-refractivity contribution in [1.82, 2.24) is 18.7 Å². The number of benzene rings is 1. The van der Waals surface area contributed by atoms with Gasteiger partial charge in [0.1, 0.15) is 0 Å². The minimum Gasteiger partial charge on any atom is -0.408 e. The molecule has 3 aliphatic rings. The van der Waals surface area contributed by atoms with E-state index < -0.39 is 0 Å². The topological polar surface area (TPSA) is 57.2 Å². The Kier molecular flexibility index (Phi) is 4.40. The van der Waals surface area contributed by atoms with Gasteiger partial charge in [0, 0.05) is 44.2 Å². The molecule has 0 spiro atoms. The lowest BCUT2D eigenvalue weighted by molar-refractivity contribution is 0.0835. The Morgan fingerprint density at radius 3 is 2.70 bits per heavy atom. The van der Waals surface area contributed by atoms with Crippen LogP contribution in [0.25, 0.3) is 11.1 Å². The first-order chi connectivity index (χ1) is 13.2. The summed E-state index contributed by atoms with van der Waals surface area (Å²) in [6.07, 6.45) is 4.15. The quantitative estimate of drug-likeness (QED) is 0.751. The molecule has 2 aliphatic heterocycles. The van der Waals surface area contributed by atoms with E-state index in [9.17, 15) is 4.79 Å². The lowest BCUT2D eigenvalue weighted by Gasteiger charge is -2.44. The number of fused-ring (bicyclic) bond motifs is 1. The van der Waals surface area contributed by atoms with Crippen LogP contribution in [0.1, 0.15) is 19.3 Å². The maximum atomic E-state index is 11.7. The molecule has 1 aliphatic carbocycles. The second-order valence-electron chi connectivity index (χ2n) is 7.54. The normalized spacial score (nSPS) is 21.7. The summed E-state index contributed by atoms with van der Waals surface area (Å²) >= 11 is 1.68. The van der Waals surface area contributed by atoms with E-state index in [0.29, 0.717) is 5.58 Å². The Hall–Kier alpha value is -1.93. The molecule has 144 valence electrons. The monoisotopic (exact) mass is 387 g/mol. The van der Waals surface area contributed by atoms with Crippen molar-refractivity contribution in [2.24, 2.45) is 12.0 Å². The molecule has 0 amide bonds. The lowest BCUT2D eigenvalue weighted by Crippen LogP contribution is -2.55. The SMILES string of the molecule is Cn1c(=O)oc2cc(SN3CCN=C3N3CCN(C4CCC4)CC3)ccc21. The maximum Gasteiger partial charge on any atom is 0.419 e. The van der Waals surface area contributed by atoms with Crippen molar-refractivity contribution in [3.05, 3.63) is 28.7 Å². The molecule has 0 radical (unpaired) electrons. The highest BCUT2D eigenvalue weighted by Crippen LogP contribution is 2.30. The van der Waals surface area contributed by atoms with E-state index in [1.54, 1.807) is 19.0 Å². The molecular formula is C19H25N5O2S. The molecule has 1 saturated carbocycles. The summed E-state index contributed by atoms with van der Waals surface area (Å²) in [4.78, 5) is 22.6. The van der Waals surface area contributed by atoms with Crippen molar-refractivity contribution >= 4 is 29.0 Å². The van der Waals surface area contributed by atoms with Gasteiger partial charge in [-0.3, -0.25) is 18.8 Å². The van der Waals surface area contributed by atoms with Crippen molar-refractivity contribution < 1.29 is 4.42 Å². The Morgan fingerprint density at radius 2 is 1.96 bits per heavy atom. The summed E-state index contributed by atoms with van der Waals surface area (Å²) in [7, 11) is 1.73. The minimum atomic E-state index is -0.320. The summed E-state index contributed by atoms with van der Waals surface area (Å²) < 4.78 is 9.14. The minimum absolute atomic E-state index is 0.320. The summed E-state index contributed by atoms with van der Waals surface area (Å²) in [5.41, 5.74) is 1.46. The van der Waals surface area contributed by atoms with Crippen LogP contribution in [0.2, 0.25) is 0 Å². The third-order valence-corrected chi connectivity index (χ3v) is 6.98. The zero-order valence-electron chi connectivity index (χ0n) is 15.6. The van der Waals surface area contributed by atoms with E-state index in [2.05, 4.69) is 14.1 Å². The van der Waals surface area contributed by atoms with Crippen LogP contribution in [-0.2, 0) is 7.05 Å². The summed E-state index contributed by atoms with van der Waals surface area (Å²) in [5.74, 6) is 0.780. The predicted molar refractivity (Wildman–Crippen MR) is 107 cm³/mol. The Bertz CT molecular complexity index is 924. The molecular weight excluding hydrogens is 362 g/mol. The molecule has 0 bridgehead atoms. The van der Waals surface area contributed by atoms with Gasteiger partial charge in [-0.25, -0.2) is 4.79 Å². The van der Waals surface area contributed by atoms with E-state index >= 15 is 0 Å². The lowest BCUT2D eigenvalue weighted by atomic mass is 9.91. The van der Waals surface area contributed by atoms with Gasteiger partial charge in [-0.2, -0.15) is 0 Å². The maximum absolute atomic E-state index is 11.7. The van der Waals surface area contributed by atoms with Crippen LogP contribution in [0.4, 0.5) is 0 Å². The van der Waals surface area contributed by atoms with Crippen LogP contribution < -0.4 is 5.76 Å². The first-order valence-electron chi connectivity index (χ1n) is 9.77. The van der Waals surface area contributed by atoms with Gasteiger partial charge in [-0.15, -0.1) is 0 Å². The van der Waals surface area contributed by atoms with E-state index in [-0.39, 0.29) is 5.76 Å². The van der Waals surface area contributed by atoms with Crippen LogP contribution in [0, 0.1) is 0 Å². The second kappa shape index (κ2) is 6.91. The fourth-order valence-corrected chi connectivity index (χ4v) is 5.07. The summed E-state index contributed by atoms with van der Waals surface area (Å²) in [6, 6.07) is 6.78. The average molecular weight is 388 g/mol. The van der Waals surface area contributed by atoms with E-state index in [1.807, 2.05) is 18.2 Å². The number of aliphatic imine (C=N–C) groups is 1. The molecule has 2 aromatic rings. The number of piperazine rings is 1. The zero-order chi connectivity index (χ0) is 18.4. The molecule has 5 rings (SSSR count). The molecule has 0 unspecified atom stereocenters. The highest BCUT2D eigenvalue weighted by molar-refractivity contribution is 7.97. The molecule has 1 aromatic carbocycles. The number of oxazole rings is 1. The largest absolute Gasteiger partial charge is 0.419 e. The predicted octanol–water partition coefficient (Wildman–Crippen LogP) is 1.98. The number of guanidine groups is 1. The smallest absolute Gasteiger partial charge is 0.408 e. The van der Waals surface area contributed by atoms with Gasteiger partial charge in [-0.05, 0) is 43.0 Å². The standard InChI is InChI=1S/C19H25N5O2S/c1-21-16-6-5-15(13-17(16)26-19(21)25)27-24-8-7-20-18(24)23-11-9-22(10-12-23)14-3-2-4-14/h5-6,13-14H,2-4,7-12H2,1H3. The molecule has 3 heterocycles. The van der Waals surface area contributed by atoms with Crippen molar-refractivity contribution in [2.75, 3.05) is 39.3 Å². The number of hydrogen-bond acceptors (Lipinski definition) is 7. The van der Waals surface area contributed by atoms with E-state index in [1.165, 1.54) is 23.8 Å². The molecule has 1 saturated heterocycles. The average Bonchev–Trinajstić information content (AvgIpc) is 3.19. The molecule has 27 heavy (non-hydrogen) atoms. The van der Waals surface area contributed by atoms with Gasteiger partial charge in [0.25, 0.3) is 0 Å². The molecule has 0 N–H and O–H groups in total. The number of nitrogens with zero attached hydrogens (tertiary/aromatic N) is 5. The first-order valence-corrected chi connectivity index (χ1v) is 10.5.